The minimum atomic E-state index is -0.190. The fourth-order valence-electron chi connectivity index (χ4n) is 1.72. The number of hydrogen-bond acceptors (Lipinski definition) is 3. The van der Waals surface area contributed by atoms with Gasteiger partial charge < -0.3 is 15.3 Å². The van der Waals surface area contributed by atoms with Crippen molar-refractivity contribution >= 4 is 11.7 Å². The maximum Gasteiger partial charge on any atom is 0.321 e. The number of aliphatic hydroxyl groups is 1. The van der Waals surface area contributed by atoms with Gasteiger partial charge in [0, 0.05) is 31.3 Å². The Morgan fingerprint density at radius 3 is 3.00 bits per heavy atom. The Morgan fingerprint density at radius 2 is 2.35 bits per heavy atom. The molecule has 0 radical (unpaired) electrons. The molecule has 0 saturated carbocycles. The summed E-state index contributed by atoms with van der Waals surface area (Å²) in [6.45, 7) is 1.29. The summed E-state index contributed by atoms with van der Waals surface area (Å²) >= 11 is 0. The summed E-state index contributed by atoms with van der Waals surface area (Å²) in [5.74, 6) is 0.200. The SMILES string of the molecule is N#Cc1cccc(NC(=O)N2CC(CO)C2)c1. The average molecular weight is 231 g/mol. The van der Waals surface area contributed by atoms with Crippen LogP contribution in [0.3, 0.4) is 0 Å². The van der Waals surface area contributed by atoms with Crippen molar-refractivity contribution in [2.75, 3.05) is 25.0 Å². The van der Waals surface area contributed by atoms with E-state index in [1.165, 1.54) is 0 Å². The topological polar surface area (TPSA) is 76.4 Å². The van der Waals surface area contributed by atoms with Gasteiger partial charge in [0.25, 0.3) is 0 Å². The summed E-state index contributed by atoms with van der Waals surface area (Å²) in [4.78, 5) is 13.3. The number of benzene rings is 1. The fraction of sp³-hybridized carbons (Fsp3) is 0.333. The largest absolute Gasteiger partial charge is 0.396 e. The van der Waals surface area contributed by atoms with E-state index in [1.807, 2.05) is 6.07 Å². The molecule has 1 aromatic carbocycles. The molecule has 0 spiro atoms. The standard InChI is InChI=1S/C12H13N3O2/c13-5-9-2-1-3-11(4-9)14-12(17)15-6-10(7-15)8-16/h1-4,10,16H,6-8H2,(H,14,17). The smallest absolute Gasteiger partial charge is 0.321 e. The number of aliphatic hydroxyl groups excluding tert-OH is 1. The van der Waals surface area contributed by atoms with Crippen LogP contribution in [0.25, 0.3) is 0 Å². The van der Waals surface area contributed by atoms with E-state index in [4.69, 9.17) is 10.4 Å². The van der Waals surface area contributed by atoms with Gasteiger partial charge in [0.2, 0.25) is 0 Å². The molecule has 0 atom stereocenters. The van der Waals surface area contributed by atoms with E-state index in [9.17, 15) is 4.79 Å². The van der Waals surface area contributed by atoms with Gasteiger partial charge in [-0.25, -0.2) is 4.79 Å². The molecular weight excluding hydrogens is 218 g/mol. The van der Waals surface area contributed by atoms with E-state index < -0.39 is 0 Å². The van der Waals surface area contributed by atoms with Crippen LogP contribution in [-0.4, -0.2) is 35.7 Å². The molecule has 1 heterocycles. The highest BCUT2D eigenvalue weighted by Gasteiger charge is 2.29. The Balaban J connectivity index is 1.93. The van der Waals surface area contributed by atoms with Gasteiger partial charge in [-0.15, -0.1) is 0 Å². The molecular formula is C12H13N3O2. The predicted octanol–water partition coefficient (Wildman–Crippen LogP) is 1.01. The lowest BCUT2D eigenvalue weighted by molar-refractivity contribution is 0.0838. The summed E-state index contributed by atoms with van der Waals surface area (Å²) in [7, 11) is 0. The number of nitrogens with one attached hydrogen (secondary N) is 1. The van der Waals surface area contributed by atoms with Crippen LogP contribution in [0.1, 0.15) is 5.56 Å². The predicted molar refractivity (Wildman–Crippen MR) is 62.3 cm³/mol. The van der Waals surface area contributed by atoms with Gasteiger partial charge in [-0.05, 0) is 18.2 Å². The van der Waals surface area contributed by atoms with Gasteiger partial charge in [-0.1, -0.05) is 6.07 Å². The first kappa shape index (κ1) is 11.4. The van der Waals surface area contributed by atoms with E-state index in [0.29, 0.717) is 24.3 Å². The average Bonchev–Trinajstić information content (AvgIpc) is 2.28. The molecule has 0 aromatic heterocycles. The van der Waals surface area contributed by atoms with Gasteiger partial charge in [0.05, 0.1) is 11.6 Å². The number of nitriles is 1. The van der Waals surface area contributed by atoms with Crippen LogP contribution in [0.5, 0.6) is 0 Å². The highest BCUT2D eigenvalue weighted by Crippen LogP contribution is 2.17. The lowest BCUT2D eigenvalue weighted by Crippen LogP contribution is -2.52. The van der Waals surface area contributed by atoms with E-state index in [-0.39, 0.29) is 18.6 Å². The second-order valence-corrected chi connectivity index (χ2v) is 4.08. The molecule has 88 valence electrons. The van der Waals surface area contributed by atoms with E-state index >= 15 is 0 Å². The lowest BCUT2D eigenvalue weighted by Gasteiger charge is -2.38. The molecule has 1 saturated heterocycles. The molecule has 2 rings (SSSR count). The molecule has 5 nitrogen and oxygen atoms in total. The normalized spacial score (nSPS) is 14.9. The first-order valence-corrected chi connectivity index (χ1v) is 5.40. The Kier molecular flexibility index (Phi) is 3.26. The Labute approximate surface area is 99.3 Å². The van der Waals surface area contributed by atoms with Crippen LogP contribution in [0.15, 0.2) is 24.3 Å². The zero-order valence-corrected chi connectivity index (χ0v) is 9.26. The third kappa shape index (κ3) is 2.55. The van der Waals surface area contributed by atoms with Crippen LogP contribution >= 0.6 is 0 Å². The number of hydrogen-bond donors (Lipinski definition) is 2. The highest BCUT2D eigenvalue weighted by molar-refractivity contribution is 5.90. The summed E-state index contributed by atoms with van der Waals surface area (Å²) in [6, 6.07) is 8.60. The minimum Gasteiger partial charge on any atom is -0.396 e. The van der Waals surface area contributed by atoms with E-state index in [2.05, 4.69) is 5.32 Å². The zero-order chi connectivity index (χ0) is 12.3. The molecule has 2 amide bonds. The Bertz CT molecular complexity index is 461. The number of carbonyl (C=O) groups excluding carboxylic acids is 1. The number of carbonyl (C=O) groups is 1. The zero-order valence-electron chi connectivity index (χ0n) is 9.26. The first-order valence-electron chi connectivity index (χ1n) is 5.40. The van der Waals surface area contributed by atoms with E-state index in [0.717, 1.165) is 0 Å². The maximum atomic E-state index is 11.7. The summed E-state index contributed by atoms with van der Waals surface area (Å²) < 4.78 is 0. The van der Waals surface area contributed by atoms with Crippen molar-refractivity contribution in [3.63, 3.8) is 0 Å². The first-order chi connectivity index (χ1) is 8.22. The van der Waals surface area contributed by atoms with Gasteiger partial charge in [0.1, 0.15) is 0 Å². The molecule has 5 heteroatoms. The van der Waals surface area contributed by atoms with Crippen molar-refractivity contribution in [2.45, 2.75) is 0 Å². The summed E-state index contributed by atoms with van der Waals surface area (Å²) in [6.07, 6.45) is 0. The van der Waals surface area contributed by atoms with Gasteiger partial charge >= 0.3 is 6.03 Å². The summed E-state index contributed by atoms with van der Waals surface area (Å²) in [5.41, 5.74) is 1.13. The molecule has 0 bridgehead atoms. The minimum absolute atomic E-state index is 0.119. The highest BCUT2D eigenvalue weighted by atomic mass is 16.3. The lowest BCUT2D eigenvalue weighted by atomic mass is 10.0. The molecule has 0 aliphatic carbocycles. The van der Waals surface area contributed by atoms with Crippen molar-refractivity contribution in [1.29, 1.82) is 5.26 Å². The number of nitrogens with zero attached hydrogens (tertiary/aromatic N) is 2. The second-order valence-electron chi connectivity index (χ2n) is 4.08. The maximum absolute atomic E-state index is 11.7. The van der Waals surface area contributed by atoms with Crippen molar-refractivity contribution in [3.05, 3.63) is 29.8 Å². The quantitative estimate of drug-likeness (QED) is 0.797. The van der Waals surface area contributed by atoms with Gasteiger partial charge in [-0.2, -0.15) is 5.26 Å². The van der Waals surface area contributed by atoms with Crippen molar-refractivity contribution in [3.8, 4) is 6.07 Å². The number of urea groups is 1. The second kappa shape index (κ2) is 4.85. The van der Waals surface area contributed by atoms with Crippen LogP contribution in [0.2, 0.25) is 0 Å². The third-order valence-electron chi connectivity index (χ3n) is 2.75. The molecule has 2 N–H and O–H groups in total. The van der Waals surface area contributed by atoms with Gasteiger partial charge in [0.15, 0.2) is 0 Å². The van der Waals surface area contributed by atoms with Crippen LogP contribution < -0.4 is 5.32 Å². The molecule has 17 heavy (non-hydrogen) atoms. The Hall–Kier alpha value is -2.06. The summed E-state index contributed by atoms with van der Waals surface area (Å²) in [5, 5.41) is 20.3. The van der Waals surface area contributed by atoms with Crippen LogP contribution in [-0.2, 0) is 0 Å². The van der Waals surface area contributed by atoms with Crippen molar-refractivity contribution in [1.82, 2.24) is 4.90 Å². The monoisotopic (exact) mass is 231 g/mol. The number of likely N-dealkylation sites (tertiary alicyclic amines) is 1. The molecule has 0 unspecified atom stereocenters. The van der Waals surface area contributed by atoms with Crippen LogP contribution in [0, 0.1) is 17.2 Å². The molecule has 1 aliphatic rings. The molecule has 1 aliphatic heterocycles. The van der Waals surface area contributed by atoms with Crippen molar-refractivity contribution in [2.24, 2.45) is 5.92 Å². The third-order valence-corrected chi connectivity index (χ3v) is 2.75. The molecule has 1 fully saturated rings. The number of rotatable bonds is 2. The number of anilines is 1. The Morgan fingerprint density at radius 1 is 1.59 bits per heavy atom. The van der Waals surface area contributed by atoms with E-state index in [1.54, 1.807) is 29.2 Å². The molecule has 1 aromatic rings. The number of amides is 2. The van der Waals surface area contributed by atoms with Crippen molar-refractivity contribution < 1.29 is 9.90 Å². The van der Waals surface area contributed by atoms with Crippen LogP contribution in [0.4, 0.5) is 10.5 Å². The fourth-order valence-corrected chi connectivity index (χ4v) is 1.72. The van der Waals surface area contributed by atoms with Gasteiger partial charge in [-0.3, -0.25) is 0 Å².